The number of phenols is 1. The molecule has 1 rings (SSSR count). The number of hydrogen-bond donors (Lipinski definition) is 2. The topological polar surface area (TPSA) is 49.3 Å². The Hall–Kier alpha value is -1.22. The summed E-state index contributed by atoms with van der Waals surface area (Å²) >= 11 is 5.84. The minimum absolute atomic E-state index is 0.168. The van der Waals surface area contributed by atoms with Crippen molar-refractivity contribution in [1.29, 1.82) is 0 Å². The van der Waals surface area contributed by atoms with Crippen molar-refractivity contribution >= 4 is 17.5 Å². The van der Waals surface area contributed by atoms with Crippen molar-refractivity contribution in [1.82, 2.24) is 5.32 Å². The third kappa shape index (κ3) is 3.37. The van der Waals surface area contributed by atoms with Crippen LogP contribution in [0.25, 0.3) is 0 Å². The van der Waals surface area contributed by atoms with Crippen LogP contribution in [-0.2, 0) is 0 Å². The average Bonchev–Trinajstić information content (AvgIpc) is 2.32. The molecule has 0 aliphatic carbocycles. The largest absolute Gasteiger partial charge is 0.508 e. The molecular weight excluding hydrogens is 238 g/mol. The molecule has 3 nitrogen and oxygen atoms in total. The van der Waals surface area contributed by atoms with Crippen molar-refractivity contribution in [2.45, 2.75) is 32.7 Å². The molecule has 0 spiro atoms. The molecule has 0 aromatic heterocycles. The van der Waals surface area contributed by atoms with Crippen LogP contribution in [0, 0.1) is 6.92 Å². The maximum Gasteiger partial charge on any atom is 0.251 e. The second-order valence-electron chi connectivity index (χ2n) is 4.50. The van der Waals surface area contributed by atoms with Crippen molar-refractivity contribution in [3.05, 3.63) is 29.3 Å². The van der Waals surface area contributed by atoms with Gasteiger partial charge in [0.05, 0.1) is 5.54 Å². The number of phenolic OH excluding ortho intramolecular Hbond substituents is 1. The fraction of sp³-hybridized carbons (Fsp3) is 0.462. The molecule has 0 saturated carbocycles. The monoisotopic (exact) mass is 255 g/mol. The van der Waals surface area contributed by atoms with Crippen LogP contribution in [0.1, 0.15) is 36.2 Å². The second-order valence-corrected chi connectivity index (χ2v) is 4.77. The van der Waals surface area contributed by atoms with Gasteiger partial charge in [0.1, 0.15) is 5.75 Å². The molecule has 0 aliphatic heterocycles. The van der Waals surface area contributed by atoms with Gasteiger partial charge in [-0.2, -0.15) is 0 Å². The first-order valence-electron chi connectivity index (χ1n) is 5.60. The van der Waals surface area contributed by atoms with Gasteiger partial charge in [0.2, 0.25) is 0 Å². The van der Waals surface area contributed by atoms with Gasteiger partial charge >= 0.3 is 0 Å². The van der Waals surface area contributed by atoms with E-state index in [2.05, 4.69) is 5.32 Å². The van der Waals surface area contributed by atoms with Crippen LogP contribution in [0.4, 0.5) is 0 Å². The zero-order valence-electron chi connectivity index (χ0n) is 10.4. The van der Waals surface area contributed by atoms with Gasteiger partial charge < -0.3 is 10.4 Å². The van der Waals surface area contributed by atoms with Gasteiger partial charge in [0.25, 0.3) is 5.91 Å². The number of hydrogen-bond acceptors (Lipinski definition) is 2. The fourth-order valence-electron chi connectivity index (χ4n) is 1.36. The maximum absolute atomic E-state index is 12.0. The predicted molar refractivity (Wildman–Crippen MR) is 69.7 cm³/mol. The van der Waals surface area contributed by atoms with E-state index in [1.165, 1.54) is 6.07 Å². The lowest BCUT2D eigenvalue weighted by atomic mass is 10.0. The molecule has 1 aromatic carbocycles. The maximum atomic E-state index is 12.0. The summed E-state index contributed by atoms with van der Waals surface area (Å²) in [6.07, 6.45) is 0.763. The number of benzene rings is 1. The van der Waals surface area contributed by atoms with Gasteiger partial charge in [0.15, 0.2) is 0 Å². The molecule has 2 N–H and O–H groups in total. The van der Waals surface area contributed by atoms with E-state index in [0.29, 0.717) is 17.0 Å². The van der Waals surface area contributed by atoms with E-state index in [4.69, 9.17) is 11.6 Å². The molecule has 4 heteroatoms. The van der Waals surface area contributed by atoms with Crippen LogP contribution in [0.3, 0.4) is 0 Å². The summed E-state index contributed by atoms with van der Waals surface area (Å²) in [5, 5.41) is 12.3. The molecule has 0 aliphatic rings. The second kappa shape index (κ2) is 5.41. The van der Waals surface area contributed by atoms with Crippen LogP contribution in [0.2, 0.25) is 0 Å². The highest BCUT2D eigenvalue weighted by molar-refractivity contribution is 6.18. The van der Waals surface area contributed by atoms with Crippen molar-refractivity contribution in [3.8, 4) is 5.75 Å². The number of halogens is 1. The zero-order chi connectivity index (χ0) is 13.1. The van der Waals surface area contributed by atoms with E-state index in [-0.39, 0.29) is 11.7 Å². The molecule has 1 unspecified atom stereocenters. The highest BCUT2D eigenvalue weighted by Crippen LogP contribution is 2.18. The molecule has 0 bridgehead atoms. The lowest BCUT2D eigenvalue weighted by Crippen LogP contribution is -2.47. The molecule has 1 aromatic rings. The Kier molecular flexibility index (Phi) is 4.40. The molecule has 0 heterocycles. The number of aromatic hydroxyl groups is 1. The summed E-state index contributed by atoms with van der Waals surface area (Å²) in [6.45, 7) is 5.64. The first-order valence-corrected chi connectivity index (χ1v) is 6.13. The molecule has 94 valence electrons. The minimum Gasteiger partial charge on any atom is -0.508 e. The van der Waals surface area contributed by atoms with E-state index >= 15 is 0 Å². The van der Waals surface area contributed by atoms with Gasteiger partial charge in [-0.3, -0.25) is 4.79 Å². The predicted octanol–water partition coefficient (Wildman–Crippen LogP) is 2.84. The molecule has 0 fully saturated rings. The average molecular weight is 256 g/mol. The number of rotatable bonds is 4. The fourth-order valence-corrected chi connectivity index (χ4v) is 1.62. The van der Waals surface area contributed by atoms with E-state index in [1.54, 1.807) is 19.1 Å². The van der Waals surface area contributed by atoms with Gasteiger partial charge in [0, 0.05) is 11.4 Å². The van der Waals surface area contributed by atoms with Crippen LogP contribution in [0.15, 0.2) is 18.2 Å². The number of aryl methyl sites for hydroxylation is 1. The molecule has 0 saturated heterocycles. The Balaban J connectivity index is 2.86. The van der Waals surface area contributed by atoms with E-state index in [1.807, 2.05) is 13.8 Å². The lowest BCUT2D eigenvalue weighted by molar-refractivity contribution is 0.0912. The first-order chi connectivity index (χ1) is 7.91. The van der Waals surface area contributed by atoms with Gasteiger partial charge in [-0.05, 0) is 44.0 Å². The summed E-state index contributed by atoms with van der Waals surface area (Å²) in [7, 11) is 0. The van der Waals surface area contributed by atoms with Gasteiger partial charge in [-0.25, -0.2) is 0 Å². The first kappa shape index (κ1) is 13.8. The van der Waals surface area contributed by atoms with Crippen LogP contribution in [0.5, 0.6) is 5.75 Å². The van der Waals surface area contributed by atoms with Crippen molar-refractivity contribution in [3.63, 3.8) is 0 Å². The SMILES string of the molecule is CCC(C)(CCl)NC(=O)c1ccc(O)c(C)c1. The Morgan fingerprint density at radius 3 is 2.65 bits per heavy atom. The Morgan fingerprint density at radius 1 is 1.53 bits per heavy atom. The number of nitrogens with one attached hydrogen (secondary N) is 1. The lowest BCUT2D eigenvalue weighted by Gasteiger charge is -2.27. The van der Waals surface area contributed by atoms with Crippen LogP contribution in [-0.4, -0.2) is 22.4 Å². The highest BCUT2D eigenvalue weighted by atomic mass is 35.5. The van der Waals surface area contributed by atoms with Crippen molar-refractivity contribution in [2.75, 3.05) is 5.88 Å². The number of alkyl halides is 1. The van der Waals surface area contributed by atoms with E-state index < -0.39 is 5.54 Å². The Morgan fingerprint density at radius 2 is 2.18 bits per heavy atom. The number of carbonyl (C=O) groups excluding carboxylic acids is 1. The molecule has 1 amide bonds. The van der Waals surface area contributed by atoms with E-state index in [0.717, 1.165) is 6.42 Å². The molecule has 17 heavy (non-hydrogen) atoms. The summed E-state index contributed by atoms with van der Waals surface area (Å²) in [5.74, 6) is 0.391. The van der Waals surface area contributed by atoms with Gasteiger partial charge in [-0.15, -0.1) is 11.6 Å². The summed E-state index contributed by atoms with van der Waals surface area (Å²) < 4.78 is 0. The smallest absolute Gasteiger partial charge is 0.251 e. The number of amides is 1. The summed E-state index contributed by atoms with van der Waals surface area (Å²) in [5.41, 5.74) is 0.816. The third-order valence-corrected chi connectivity index (χ3v) is 3.54. The molecule has 1 atom stereocenters. The molecule has 0 radical (unpaired) electrons. The number of carbonyl (C=O) groups is 1. The molecular formula is C13H18ClNO2. The van der Waals surface area contributed by atoms with Crippen LogP contribution < -0.4 is 5.32 Å². The quantitative estimate of drug-likeness (QED) is 0.813. The van der Waals surface area contributed by atoms with Gasteiger partial charge in [-0.1, -0.05) is 6.92 Å². The standard InChI is InChI=1S/C13H18ClNO2/c1-4-13(3,8-14)15-12(17)10-5-6-11(16)9(2)7-10/h5-7,16H,4,8H2,1-3H3,(H,15,17). The Bertz CT molecular complexity index is 414. The van der Waals surface area contributed by atoms with Crippen molar-refractivity contribution < 1.29 is 9.90 Å². The third-order valence-electron chi connectivity index (χ3n) is 2.95. The zero-order valence-corrected chi connectivity index (χ0v) is 11.1. The summed E-state index contributed by atoms with van der Waals surface area (Å²) in [4.78, 5) is 12.0. The summed E-state index contributed by atoms with van der Waals surface area (Å²) in [6, 6.07) is 4.78. The normalized spacial score (nSPS) is 14.1. The van der Waals surface area contributed by atoms with E-state index in [9.17, 15) is 9.90 Å². The van der Waals surface area contributed by atoms with Crippen molar-refractivity contribution in [2.24, 2.45) is 0 Å². The minimum atomic E-state index is -0.398. The highest BCUT2D eigenvalue weighted by Gasteiger charge is 2.23. The Labute approximate surface area is 107 Å². The van der Waals surface area contributed by atoms with Crippen LogP contribution >= 0.6 is 11.6 Å².